The molecule has 2 N–H and O–H groups in total. The maximum Gasteiger partial charge on any atom is 0.326 e. The summed E-state index contributed by atoms with van der Waals surface area (Å²) in [6, 6.07) is 8.07. The second-order valence-corrected chi connectivity index (χ2v) is 4.98. The highest BCUT2D eigenvalue weighted by molar-refractivity contribution is 6.05. The molecule has 0 amide bonds. The lowest BCUT2D eigenvalue weighted by Crippen LogP contribution is -2.53. The monoisotopic (exact) mass is 236 g/mol. The molecular weight excluding hydrogens is 220 g/mol. The fourth-order valence-electron chi connectivity index (χ4n) is 2.10. The third kappa shape index (κ3) is 1.90. The molecule has 17 heavy (non-hydrogen) atoms. The van der Waals surface area contributed by atoms with E-state index in [2.05, 4.69) is 0 Å². The first-order chi connectivity index (χ1) is 7.74. The lowest BCUT2D eigenvalue weighted by Gasteiger charge is -2.37. The maximum absolute atomic E-state index is 11.5. The smallest absolute Gasteiger partial charge is 0.326 e. The number of hydrogen-bond donors (Lipinski definition) is 2. The molecule has 1 aromatic carbocycles. The number of carbonyl (C=O) groups is 2. The van der Waals surface area contributed by atoms with E-state index in [9.17, 15) is 19.8 Å². The summed E-state index contributed by atoms with van der Waals surface area (Å²) in [6.45, 7) is 4.84. The summed E-state index contributed by atoms with van der Waals surface area (Å²) in [5.74, 6) is -2.69. The van der Waals surface area contributed by atoms with Gasteiger partial charge in [0.25, 0.3) is 0 Å². The Morgan fingerprint density at radius 3 is 1.65 bits per heavy atom. The Morgan fingerprint density at radius 1 is 0.941 bits per heavy atom. The van der Waals surface area contributed by atoms with Crippen molar-refractivity contribution in [3.05, 3.63) is 35.9 Å². The van der Waals surface area contributed by atoms with Gasteiger partial charge in [0.15, 0.2) is 5.41 Å². The van der Waals surface area contributed by atoms with Crippen LogP contribution in [0.4, 0.5) is 0 Å². The molecule has 0 aliphatic carbocycles. The first kappa shape index (κ1) is 13.2. The maximum atomic E-state index is 11.5. The minimum absolute atomic E-state index is 0.285. The van der Waals surface area contributed by atoms with Crippen LogP contribution in [0.1, 0.15) is 26.3 Å². The van der Waals surface area contributed by atoms with Crippen LogP contribution in [-0.2, 0) is 15.0 Å². The topological polar surface area (TPSA) is 74.6 Å². The predicted octanol–water partition coefficient (Wildman–Crippen LogP) is 2.14. The van der Waals surface area contributed by atoms with Gasteiger partial charge in [0, 0.05) is 0 Å². The van der Waals surface area contributed by atoms with Crippen LogP contribution >= 0.6 is 0 Å². The molecule has 0 aliphatic heterocycles. The number of benzene rings is 1. The first-order valence-corrected chi connectivity index (χ1v) is 5.27. The molecule has 0 aliphatic rings. The minimum atomic E-state index is -1.94. The fourth-order valence-corrected chi connectivity index (χ4v) is 2.10. The molecule has 1 rings (SSSR count). The van der Waals surface area contributed by atoms with Crippen molar-refractivity contribution in [1.82, 2.24) is 0 Å². The molecule has 0 unspecified atom stereocenters. The van der Waals surface area contributed by atoms with Crippen molar-refractivity contribution >= 4 is 11.9 Å². The molecule has 4 heteroatoms. The fraction of sp³-hybridized carbons (Fsp3) is 0.385. The van der Waals surface area contributed by atoms with E-state index in [1.54, 1.807) is 39.0 Å². The largest absolute Gasteiger partial charge is 0.480 e. The number of aliphatic carboxylic acids is 2. The normalized spacial score (nSPS) is 12.2. The SMILES string of the molecule is CC(C)(C)C(C(=O)O)(C(=O)O)c1ccccc1. The number of hydrogen-bond acceptors (Lipinski definition) is 2. The number of rotatable bonds is 3. The quantitative estimate of drug-likeness (QED) is 0.788. The second-order valence-electron chi connectivity index (χ2n) is 4.98. The van der Waals surface area contributed by atoms with Gasteiger partial charge in [0.1, 0.15) is 0 Å². The summed E-state index contributed by atoms with van der Waals surface area (Å²) in [5, 5.41) is 18.8. The average Bonchev–Trinajstić information content (AvgIpc) is 2.16. The van der Waals surface area contributed by atoms with Gasteiger partial charge in [-0.3, -0.25) is 9.59 Å². The standard InChI is InChI=1S/C13H16O4/c1-12(2,3)13(10(14)15,11(16)17)9-7-5-4-6-8-9/h4-8H,1-3H3,(H,14,15)(H,16,17). The lowest BCUT2D eigenvalue weighted by atomic mass is 9.62. The van der Waals surface area contributed by atoms with E-state index in [1.807, 2.05) is 0 Å². The molecule has 0 fully saturated rings. The Hall–Kier alpha value is -1.84. The molecule has 0 radical (unpaired) electrons. The molecule has 0 atom stereocenters. The number of carboxylic acid groups (broad SMARTS) is 2. The van der Waals surface area contributed by atoms with Gasteiger partial charge in [-0.05, 0) is 11.0 Å². The van der Waals surface area contributed by atoms with Crippen LogP contribution in [0.2, 0.25) is 0 Å². The summed E-state index contributed by atoms with van der Waals surface area (Å²) < 4.78 is 0. The van der Waals surface area contributed by atoms with E-state index in [-0.39, 0.29) is 5.56 Å². The highest BCUT2D eigenvalue weighted by Crippen LogP contribution is 2.42. The Bertz CT molecular complexity index is 414. The molecule has 92 valence electrons. The van der Waals surface area contributed by atoms with Crippen LogP contribution in [0.15, 0.2) is 30.3 Å². The van der Waals surface area contributed by atoms with Gasteiger partial charge in [0.2, 0.25) is 0 Å². The molecule has 0 saturated heterocycles. The molecule has 1 aromatic rings. The van der Waals surface area contributed by atoms with Crippen LogP contribution in [0.5, 0.6) is 0 Å². The third-order valence-electron chi connectivity index (χ3n) is 2.97. The van der Waals surface area contributed by atoms with Crippen molar-refractivity contribution in [2.75, 3.05) is 0 Å². The van der Waals surface area contributed by atoms with E-state index in [0.717, 1.165) is 0 Å². The zero-order chi connectivity index (χ0) is 13.3. The summed E-state index contributed by atoms with van der Waals surface area (Å²) in [7, 11) is 0. The van der Waals surface area contributed by atoms with Crippen LogP contribution in [0.3, 0.4) is 0 Å². The van der Waals surface area contributed by atoms with Crippen molar-refractivity contribution < 1.29 is 19.8 Å². The van der Waals surface area contributed by atoms with Gasteiger partial charge in [-0.1, -0.05) is 51.1 Å². The molecule has 0 spiro atoms. The lowest BCUT2D eigenvalue weighted by molar-refractivity contribution is -0.164. The zero-order valence-electron chi connectivity index (χ0n) is 10.1. The van der Waals surface area contributed by atoms with Crippen molar-refractivity contribution in [1.29, 1.82) is 0 Å². The zero-order valence-corrected chi connectivity index (χ0v) is 10.1. The van der Waals surface area contributed by atoms with Crippen molar-refractivity contribution in [3.8, 4) is 0 Å². The summed E-state index contributed by atoms with van der Waals surface area (Å²) >= 11 is 0. The van der Waals surface area contributed by atoms with Crippen molar-refractivity contribution in [2.45, 2.75) is 26.2 Å². The second kappa shape index (κ2) is 4.20. The van der Waals surface area contributed by atoms with E-state index in [0.29, 0.717) is 0 Å². The van der Waals surface area contributed by atoms with E-state index in [4.69, 9.17) is 0 Å². The average molecular weight is 236 g/mol. The molecule has 0 saturated carbocycles. The van der Waals surface area contributed by atoms with Crippen LogP contribution in [0.25, 0.3) is 0 Å². The van der Waals surface area contributed by atoms with Crippen molar-refractivity contribution in [3.63, 3.8) is 0 Å². The third-order valence-corrected chi connectivity index (χ3v) is 2.97. The Kier molecular flexibility index (Phi) is 3.27. The van der Waals surface area contributed by atoms with Gasteiger partial charge in [-0.25, -0.2) is 0 Å². The highest BCUT2D eigenvalue weighted by atomic mass is 16.4. The first-order valence-electron chi connectivity index (χ1n) is 5.27. The highest BCUT2D eigenvalue weighted by Gasteiger charge is 2.57. The predicted molar refractivity (Wildman–Crippen MR) is 62.8 cm³/mol. The Morgan fingerprint density at radius 2 is 1.35 bits per heavy atom. The van der Waals surface area contributed by atoms with Gasteiger partial charge < -0.3 is 10.2 Å². The van der Waals surface area contributed by atoms with Crippen LogP contribution < -0.4 is 0 Å². The van der Waals surface area contributed by atoms with E-state index >= 15 is 0 Å². The van der Waals surface area contributed by atoms with Gasteiger partial charge >= 0.3 is 11.9 Å². The van der Waals surface area contributed by atoms with Crippen LogP contribution in [-0.4, -0.2) is 22.2 Å². The molecule has 0 heterocycles. The van der Waals surface area contributed by atoms with Crippen LogP contribution in [0, 0.1) is 5.41 Å². The molecule has 0 aromatic heterocycles. The summed E-state index contributed by atoms with van der Waals surface area (Å²) in [5.41, 5.74) is -2.59. The number of carboxylic acids is 2. The summed E-state index contributed by atoms with van der Waals surface area (Å²) in [6.07, 6.45) is 0. The molecular formula is C13H16O4. The van der Waals surface area contributed by atoms with E-state index in [1.165, 1.54) is 12.1 Å². The summed E-state index contributed by atoms with van der Waals surface area (Å²) in [4.78, 5) is 23.1. The molecule has 0 bridgehead atoms. The van der Waals surface area contributed by atoms with Gasteiger partial charge in [-0.2, -0.15) is 0 Å². The van der Waals surface area contributed by atoms with Gasteiger partial charge in [0.05, 0.1) is 0 Å². The minimum Gasteiger partial charge on any atom is -0.480 e. The van der Waals surface area contributed by atoms with E-state index < -0.39 is 22.8 Å². The van der Waals surface area contributed by atoms with Gasteiger partial charge in [-0.15, -0.1) is 0 Å². The molecule has 4 nitrogen and oxygen atoms in total. The Balaban J connectivity index is 3.59. The Labute approximate surface area is 99.9 Å². The van der Waals surface area contributed by atoms with Crippen molar-refractivity contribution in [2.24, 2.45) is 5.41 Å².